The van der Waals surface area contributed by atoms with Gasteiger partial charge in [-0.15, -0.1) is 0 Å². The first kappa shape index (κ1) is 21.3. The van der Waals surface area contributed by atoms with Crippen LogP contribution in [0, 0.1) is 0 Å². The molecule has 1 aromatic heterocycles. The van der Waals surface area contributed by atoms with Crippen molar-refractivity contribution >= 4 is 6.08 Å². The molecule has 0 saturated carbocycles. The Morgan fingerprint density at radius 2 is 1.24 bits per heavy atom. The summed E-state index contributed by atoms with van der Waals surface area (Å²) in [7, 11) is 0. The highest BCUT2D eigenvalue weighted by Crippen LogP contribution is 2.44. The van der Waals surface area contributed by atoms with Crippen molar-refractivity contribution in [2.75, 3.05) is 13.1 Å². The molecular formula is C30H28N2O. The molecule has 1 unspecified atom stereocenters. The Balaban J connectivity index is 1.70. The molecule has 0 aliphatic carbocycles. The highest BCUT2D eigenvalue weighted by atomic mass is 16.3. The fourth-order valence-corrected chi connectivity index (χ4v) is 5.03. The molecule has 3 aromatic carbocycles. The minimum absolute atomic E-state index is 0.469. The van der Waals surface area contributed by atoms with E-state index in [0.717, 1.165) is 17.8 Å². The molecule has 3 heteroatoms. The molecule has 5 rings (SSSR count). The number of likely N-dealkylation sites (tertiary alicyclic amines) is 1. The smallest absolute Gasteiger partial charge is 0.0975 e. The summed E-state index contributed by atoms with van der Waals surface area (Å²) in [6, 6.07) is 38.0. The number of aliphatic hydroxyl groups is 1. The monoisotopic (exact) mass is 432 g/mol. The fourth-order valence-electron chi connectivity index (χ4n) is 5.03. The first-order chi connectivity index (χ1) is 16.3. The van der Waals surface area contributed by atoms with E-state index < -0.39 is 11.6 Å². The zero-order valence-electron chi connectivity index (χ0n) is 18.6. The van der Waals surface area contributed by atoms with Gasteiger partial charge < -0.3 is 5.11 Å². The van der Waals surface area contributed by atoms with Gasteiger partial charge in [-0.1, -0.05) is 97.1 Å². The van der Waals surface area contributed by atoms with E-state index in [1.165, 1.54) is 16.7 Å². The van der Waals surface area contributed by atoms with E-state index in [1.54, 1.807) is 6.20 Å². The Morgan fingerprint density at radius 3 is 1.73 bits per heavy atom. The summed E-state index contributed by atoms with van der Waals surface area (Å²) >= 11 is 0. The third-order valence-electron chi connectivity index (χ3n) is 6.54. The molecular weight excluding hydrogens is 404 g/mol. The second-order valence-electron chi connectivity index (χ2n) is 8.51. The first-order valence-corrected chi connectivity index (χ1v) is 11.5. The van der Waals surface area contributed by atoms with Gasteiger partial charge in [0.25, 0.3) is 0 Å². The number of pyridine rings is 1. The molecule has 4 aromatic rings. The number of hydrogen-bond acceptors (Lipinski definition) is 3. The Kier molecular flexibility index (Phi) is 6.16. The number of rotatable bonds is 5. The van der Waals surface area contributed by atoms with Gasteiger partial charge >= 0.3 is 0 Å². The third-order valence-corrected chi connectivity index (χ3v) is 6.54. The molecule has 1 aliphatic rings. The van der Waals surface area contributed by atoms with Crippen LogP contribution < -0.4 is 0 Å². The molecule has 0 spiro atoms. The Hall–Kier alpha value is -3.53. The summed E-state index contributed by atoms with van der Waals surface area (Å²) in [4.78, 5) is 6.97. The Bertz CT molecular complexity index is 1090. The van der Waals surface area contributed by atoms with E-state index in [9.17, 15) is 5.11 Å². The zero-order valence-corrected chi connectivity index (χ0v) is 18.6. The van der Waals surface area contributed by atoms with Gasteiger partial charge in [-0.3, -0.25) is 9.88 Å². The van der Waals surface area contributed by atoms with Gasteiger partial charge in [-0.05, 0) is 46.9 Å². The fraction of sp³-hybridized carbons (Fsp3) is 0.167. The maximum Gasteiger partial charge on any atom is 0.0975 e. The van der Waals surface area contributed by atoms with Gasteiger partial charge in [0.2, 0.25) is 0 Å². The first-order valence-electron chi connectivity index (χ1n) is 11.5. The summed E-state index contributed by atoms with van der Waals surface area (Å²) in [5.74, 6) is 0. The number of aliphatic hydroxyl groups excluding tert-OH is 1. The molecule has 1 aliphatic heterocycles. The minimum Gasteiger partial charge on any atom is -0.389 e. The lowest BCUT2D eigenvalue weighted by atomic mass is 9.74. The number of nitrogens with zero attached hydrogens (tertiary/aromatic N) is 2. The van der Waals surface area contributed by atoms with Gasteiger partial charge in [0.1, 0.15) is 0 Å². The second kappa shape index (κ2) is 9.53. The molecule has 164 valence electrons. The van der Waals surface area contributed by atoms with Gasteiger partial charge in [0, 0.05) is 19.3 Å². The SMILES string of the molecule is OC1CCN(C(c2ccccc2)(c2ccccc2)c2ccccc2)CC1=Cc1ccccn1. The van der Waals surface area contributed by atoms with Gasteiger partial charge in [0.15, 0.2) is 0 Å². The van der Waals surface area contributed by atoms with Crippen molar-refractivity contribution in [1.29, 1.82) is 0 Å². The maximum atomic E-state index is 10.9. The van der Waals surface area contributed by atoms with Crippen molar-refractivity contribution in [2.45, 2.75) is 18.1 Å². The van der Waals surface area contributed by atoms with Gasteiger partial charge in [-0.25, -0.2) is 0 Å². The van der Waals surface area contributed by atoms with E-state index in [4.69, 9.17) is 0 Å². The van der Waals surface area contributed by atoms with Crippen molar-refractivity contribution in [3.63, 3.8) is 0 Å². The van der Waals surface area contributed by atoms with Crippen LogP contribution in [-0.2, 0) is 5.54 Å². The molecule has 0 radical (unpaired) electrons. The van der Waals surface area contributed by atoms with Crippen molar-refractivity contribution in [1.82, 2.24) is 9.88 Å². The van der Waals surface area contributed by atoms with Gasteiger partial charge in [0.05, 0.1) is 17.3 Å². The van der Waals surface area contributed by atoms with Crippen LogP contribution >= 0.6 is 0 Å². The standard InChI is InChI=1S/C30H28N2O/c33-29-19-21-32(23-24(29)22-28-18-10-11-20-31-28)30(25-12-4-1-5-13-25,26-14-6-2-7-15-26)27-16-8-3-9-17-27/h1-18,20,22,29,33H,19,21,23H2. The number of benzene rings is 3. The van der Waals surface area contributed by atoms with E-state index in [2.05, 4.69) is 101 Å². The highest BCUT2D eigenvalue weighted by Gasteiger charge is 2.44. The molecule has 1 fully saturated rings. The van der Waals surface area contributed by atoms with Crippen molar-refractivity contribution in [3.8, 4) is 0 Å². The topological polar surface area (TPSA) is 36.4 Å². The number of aromatic nitrogens is 1. The summed E-state index contributed by atoms with van der Waals surface area (Å²) in [6.45, 7) is 1.43. The minimum atomic E-state index is -0.479. The van der Waals surface area contributed by atoms with E-state index in [-0.39, 0.29) is 0 Å². The molecule has 0 bridgehead atoms. The van der Waals surface area contributed by atoms with Crippen molar-refractivity contribution in [3.05, 3.63) is 143 Å². The Labute approximate surface area is 195 Å². The van der Waals surface area contributed by atoms with Crippen LogP contribution in [0.25, 0.3) is 6.08 Å². The molecule has 0 amide bonds. The average Bonchev–Trinajstić information content (AvgIpc) is 2.89. The predicted octanol–water partition coefficient (Wildman–Crippen LogP) is 5.52. The average molecular weight is 433 g/mol. The lowest BCUT2D eigenvalue weighted by molar-refractivity contribution is 0.0872. The number of hydrogen-bond donors (Lipinski definition) is 1. The predicted molar refractivity (Wildman–Crippen MR) is 134 cm³/mol. The lowest BCUT2D eigenvalue weighted by Crippen LogP contribution is -2.52. The van der Waals surface area contributed by atoms with E-state index >= 15 is 0 Å². The summed E-state index contributed by atoms with van der Waals surface area (Å²) < 4.78 is 0. The summed E-state index contributed by atoms with van der Waals surface area (Å²) in [5.41, 5.74) is 5.04. The normalized spacial score (nSPS) is 18.3. The van der Waals surface area contributed by atoms with Crippen molar-refractivity contribution in [2.24, 2.45) is 0 Å². The summed E-state index contributed by atoms with van der Waals surface area (Å²) in [5, 5.41) is 10.9. The second-order valence-corrected chi connectivity index (χ2v) is 8.51. The van der Waals surface area contributed by atoms with Crippen LogP contribution in [0.5, 0.6) is 0 Å². The van der Waals surface area contributed by atoms with Crippen molar-refractivity contribution < 1.29 is 5.11 Å². The molecule has 2 heterocycles. The maximum absolute atomic E-state index is 10.9. The van der Waals surface area contributed by atoms with Crippen LogP contribution in [0.2, 0.25) is 0 Å². The molecule has 3 nitrogen and oxygen atoms in total. The van der Waals surface area contributed by atoms with E-state index in [1.807, 2.05) is 24.3 Å². The van der Waals surface area contributed by atoms with Crippen LogP contribution in [0.1, 0.15) is 28.8 Å². The van der Waals surface area contributed by atoms with Crippen LogP contribution in [0.15, 0.2) is 121 Å². The quantitative estimate of drug-likeness (QED) is 0.422. The van der Waals surface area contributed by atoms with E-state index in [0.29, 0.717) is 13.0 Å². The molecule has 1 saturated heterocycles. The van der Waals surface area contributed by atoms with Gasteiger partial charge in [-0.2, -0.15) is 0 Å². The zero-order chi connectivity index (χ0) is 22.5. The lowest BCUT2D eigenvalue weighted by Gasteiger charge is -2.48. The highest BCUT2D eigenvalue weighted by molar-refractivity contribution is 5.54. The summed E-state index contributed by atoms with van der Waals surface area (Å²) in [6.07, 6.45) is 4.04. The van der Waals surface area contributed by atoms with Crippen LogP contribution in [0.4, 0.5) is 0 Å². The molecule has 1 atom stereocenters. The van der Waals surface area contributed by atoms with Crippen LogP contribution in [0.3, 0.4) is 0 Å². The largest absolute Gasteiger partial charge is 0.389 e. The molecule has 1 N–H and O–H groups in total. The Morgan fingerprint density at radius 1 is 0.727 bits per heavy atom. The van der Waals surface area contributed by atoms with Crippen LogP contribution in [-0.4, -0.2) is 34.2 Å². The molecule has 33 heavy (non-hydrogen) atoms. The third kappa shape index (κ3) is 4.13. The number of piperidine rings is 1.